The fourth-order valence-corrected chi connectivity index (χ4v) is 2.07. The summed E-state index contributed by atoms with van der Waals surface area (Å²) >= 11 is 0. The quantitative estimate of drug-likeness (QED) is 0.883. The monoisotopic (exact) mass is 245 g/mol. The fourth-order valence-electron chi connectivity index (χ4n) is 2.07. The zero-order valence-corrected chi connectivity index (χ0v) is 10.7. The van der Waals surface area contributed by atoms with Gasteiger partial charge in [0, 0.05) is 16.8 Å². The molecule has 18 heavy (non-hydrogen) atoms. The van der Waals surface area contributed by atoms with Gasteiger partial charge in [0.1, 0.15) is 11.6 Å². The minimum absolute atomic E-state index is 0.270. The lowest BCUT2D eigenvalue weighted by molar-refractivity contribution is 0.628. The number of nitrogens with two attached hydrogens (primary N) is 1. The molecule has 3 nitrogen and oxygen atoms in total. The van der Waals surface area contributed by atoms with Crippen molar-refractivity contribution in [2.75, 3.05) is 5.73 Å². The van der Waals surface area contributed by atoms with Crippen molar-refractivity contribution in [2.45, 2.75) is 26.7 Å². The number of hydrogen-bond donors (Lipinski definition) is 1. The molecule has 0 saturated carbocycles. The molecule has 0 aliphatic heterocycles. The normalized spacial score (nSPS) is 10.9. The summed E-state index contributed by atoms with van der Waals surface area (Å²) in [6.07, 6.45) is 0. The van der Waals surface area contributed by atoms with Crippen LogP contribution in [0.4, 0.5) is 10.2 Å². The second-order valence-electron chi connectivity index (χ2n) is 4.60. The Bertz CT molecular complexity index is 556. The number of nitrogens with zero attached hydrogens (tertiary/aromatic N) is 2. The van der Waals surface area contributed by atoms with E-state index in [4.69, 9.17) is 5.73 Å². The van der Waals surface area contributed by atoms with Crippen LogP contribution in [0.15, 0.2) is 24.3 Å². The summed E-state index contributed by atoms with van der Waals surface area (Å²) in [5, 5.41) is 0. The van der Waals surface area contributed by atoms with Gasteiger partial charge in [-0.3, -0.25) is 0 Å². The molecule has 2 N–H and O–H groups in total. The Kier molecular flexibility index (Phi) is 3.28. The van der Waals surface area contributed by atoms with Crippen LogP contribution in [-0.4, -0.2) is 9.97 Å². The standard InChI is InChI=1S/C14H16FN3/c1-8(2)12-9(3)17-14(18-13(12)16)10-5-4-6-11(15)7-10/h4-8H,1-3H3,(H2,16,17,18). The van der Waals surface area contributed by atoms with E-state index in [0.29, 0.717) is 17.2 Å². The Hall–Kier alpha value is -1.97. The minimum Gasteiger partial charge on any atom is -0.383 e. The SMILES string of the molecule is Cc1nc(-c2cccc(F)c2)nc(N)c1C(C)C. The average molecular weight is 245 g/mol. The third-order valence-corrected chi connectivity index (χ3v) is 2.83. The summed E-state index contributed by atoms with van der Waals surface area (Å²) in [6.45, 7) is 5.99. The summed E-state index contributed by atoms with van der Waals surface area (Å²) in [5.41, 5.74) is 8.39. The lowest BCUT2D eigenvalue weighted by Crippen LogP contribution is -2.06. The van der Waals surface area contributed by atoms with Gasteiger partial charge in [-0.15, -0.1) is 0 Å². The first-order valence-corrected chi connectivity index (χ1v) is 5.89. The molecule has 2 rings (SSSR count). The molecule has 0 atom stereocenters. The number of anilines is 1. The molecule has 0 radical (unpaired) electrons. The van der Waals surface area contributed by atoms with Crippen LogP contribution in [-0.2, 0) is 0 Å². The van der Waals surface area contributed by atoms with Gasteiger partial charge in [0.25, 0.3) is 0 Å². The zero-order chi connectivity index (χ0) is 13.3. The van der Waals surface area contributed by atoms with Crippen molar-refractivity contribution >= 4 is 5.82 Å². The summed E-state index contributed by atoms with van der Waals surface area (Å²) in [5.74, 6) is 0.900. The van der Waals surface area contributed by atoms with Crippen molar-refractivity contribution in [2.24, 2.45) is 0 Å². The van der Waals surface area contributed by atoms with E-state index in [9.17, 15) is 4.39 Å². The van der Waals surface area contributed by atoms with Crippen molar-refractivity contribution in [1.29, 1.82) is 0 Å². The molecule has 0 amide bonds. The highest BCUT2D eigenvalue weighted by Crippen LogP contribution is 2.26. The molecule has 4 heteroatoms. The predicted octanol–water partition coefficient (Wildman–Crippen LogP) is 3.30. The molecular weight excluding hydrogens is 229 g/mol. The summed E-state index contributed by atoms with van der Waals surface area (Å²) in [6, 6.07) is 6.20. The molecular formula is C14H16FN3. The van der Waals surface area contributed by atoms with E-state index in [1.54, 1.807) is 12.1 Å². The molecule has 0 unspecified atom stereocenters. The van der Waals surface area contributed by atoms with Gasteiger partial charge in [-0.05, 0) is 25.0 Å². The number of hydrogen-bond acceptors (Lipinski definition) is 3. The first kappa shape index (κ1) is 12.5. The topological polar surface area (TPSA) is 51.8 Å². The van der Waals surface area contributed by atoms with Crippen LogP contribution < -0.4 is 5.73 Å². The minimum atomic E-state index is -0.305. The molecule has 2 aromatic rings. The first-order chi connectivity index (χ1) is 8.49. The van der Waals surface area contributed by atoms with Crippen LogP contribution in [0.25, 0.3) is 11.4 Å². The van der Waals surface area contributed by atoms with Crippen LogP contribution >= 0.6 is 0 Å². The number of benzene rings is 1. The van der Waals surface area contributed by atoms with Crippen molar-refractivity contribution in [3.63, 3.8) is 0 Å². The number of halogens is 1. The van der Waals surface area contributed by atoms with E-state index in [1.807, 2.05) is 20.8 Å². The maximum absolute atomic E-state index is 13.2. The van der Waals surface area contributed by atoms with E-state index in [0.717, 1.165) is 11.3 Å². The van der Waals surface area contributed by atoms with Crippen molar-refractivity contribution in [1.82, 2.24) is 9.97 Å². The molecule has 1 heterocycles. The van der Waals surface area contributed by atoms with Gasteiger partial charge in [-0.2, -0.15) is 0 Å². The second kappa shape index (κ2) is 4.72. The van der Waals surface area contributed by atoms with Crippen molar-refractivity contribution < 1.29 is 4.39 Å². The number of aromatic nitrogens is 2. The lowest BCUT2D eigenvalue weighted by Gasteiger charge is -2.13. The summed E-state index contributed by atoms with van der Waals surface area (Å²) in [4.78, 5) is 8.68. The first-order valence-electron chi connectivity index (χ1n) is 5.89. The van der Waals surface area contributed by atoms with Gasteiger partial charge in [-0.1, -0.05) is 26.0 Å². The Morgan fingerprint density at radius 2 is 1.94 bits per heavy atom. The van der Waals surface area contributed by atoms with E-state index in [1.165, 1.54) is 12.1 Å². The van der Waals surface area contributed by atoms with E-state index in [2.05, 4.69) is 9.97 Å². The number of nitrogen functional groups attached to an aromatic ring is 1. The van der Waals surface area contributed by atoms with E-state index in [-0.39, 0.29) is 11.7 Å². The van der Waals surface area contributed by atoms with Crippen LogP contribution in [0, 0.1) is 12.7 Å². The largest absolute Gasteiger partial charge is 0.383 e. The number of aryl methyl sites for hydroxylation is 1. The molecule has 1 aromatic carbocycles. The average Bonchev–Trinajstić information content (AvgIpc) is 2.27. The molecule has 0 spiro atoms. The van der Waals surface area contributed by atoms with Crippen LogP contribution in [0.2, 0.25) is 0 Å². The molecule has 0 aliphatic rings. The van der Waals surface area contributed by atoms with Gasteiger partial charge >= 0.3 is 0 Å². The third-order valence-electron chi connectivity index (χ3n) is 2.83. The highest BCUT2D eigenvalue weighted by Gasteiger charge is 2.13. The molecule has 0 fully saturated rings. The van der Waals surface area contributed by atoms with Gasteiger partial charge in [0.05, 0.1) is 0 Å². The second-order valence-corrected chi connectivity index (χ2v) is 4.60. The Labute approximate surface area is 106 Å². The van der Waals surface area contributed by atoms with Crippen LogP contribution in [0.3, 0.4) is 0 Å². The summed E-state index contributed by atoms with van der Waals surface area (Å²) < 4.78 is 13.2. The smallest absolute Gasteiger partial charge is 0.161 e. The van der Waals surface area contributed by atoms with Crippen LogP contribution in [0.5, 0.6) is 0 Å². The van der Waals surface area contributed by atoms with E-state index >= 15 is 0 Å². The van der Waals surface area contributed by atoms with Gasteiger partial charge in [0.15, 0.2) is 5.82 Å². The Morgan fingerprint density at radius 1 is 1.22 bits per heavy atom. The predicted molar refractivity (Wildman–Crippen MR) is 70.7 cm³/mol. The van der Waals surface area contributed by atoms with Gasteiger partial charge in [0.2, 0.25) is 0 Å². The lowest BCUT2D eigenvalue weighted by atomic mass is 10.0. The molecule has 1 aromatic heterocycles. The van der Waals surface area contributed by atoms with Gasteiger partial charge in [-0.25, -0.2) is 14.4 Å². The van der Waals surface area contributed by atoms with Crippen LogP contribution in [0.1, 0.15) is 31.0 Å². The maximum atomic E-state index is 13.2. The Balaban J connectivity index is 2.55. The molecule has 94 valence electrons. The zero-order valence-electron chi connectivity index (χ0n) is 10.7. The number of rotatable bonds is 2. The molecule has 0 saturated heterocycles. The summed E-state index contributed by atoms with van der Waals surface area (Å²) in [7, 11) is 0. The van der Waals surface area contributed by atoms with E-state index < -0.39 is 0 Å². The van der Waals surface area contributed by atoms with Gasteiger partial charge < -0.3 is 5.73 Å². The van der Waals surface area contributed by atoms with Crippen molar-refractivity contribution in [3.05, 3.63) is 41.3 Å². The Morgan fingerprint density at radius 3 is 2.50 bits per heavy atom. The molecule has 0 bridgehead atoms. The maximum Gasteiger partial charge on any atom is 0.161 e. The highest BCUT2D eigenvalue weighted by molar-refractivity contribution is 5.59. The third kappa shape index (κ3) is 2.32. The molecule has 0 aliphatic carbocycles. The highest BCUT2D eigenvalue weighted by atomic mass is 19.1. The fraction of sp³-hybridized carbons (Fsp3) is 0.286. The van der Waals surface area contributed by atoms with Crippen molar-refractivity contribution in [3.8, 4) is 11.4 Å².